The van der Waals surface area contributed by atoms with Gasteiger partial charge in [-0.3, -0.25) is 4.79 Å². The maximum absolute atomic E-state index is 12.1. The number of thiazole rings is 1. The average molecular weight is 404 g/mol. The number of amides is 1. The molecule has 9 heteroatoms. The third kappa shape index (κ3) is 4.13. The van der Waals surface area contributed by atoms with E-state index in [0.29, 0.717) is 5.01 Å². The fourth-order valence-electron chi connectivity index (χ4n) is 1.50. The number of halogens is 1. The summed E-state index contributed by atoms with van der Waals surface area (Å²) in [7, 11) is -0.670. The van der Waals surface area contributed by atoms with Crippen molar-refractivity contribution in [1.82, 2.24) is 14.6 Å². The summed E-state index contributed by atoms with van der Waals surface area (Å²) >= 11 is 4.58. The molecule has 1 aromatic carbocycles. The molecule has 0 fully saturated rings. The molecule has 2 rings (SSSR count). The molecule has 0 aliphatic rings. The third-order valence-electron chi connectivity index (χ3n) is 2.76. The lowest BCUT2D eigenvalue weighted by atomic mass is 10.2. The molecule has 0 bridgehead atoms. The number of carbonyl (C=O) groups excluding carboxylic acids is 1. The summed E-state index contributed by atoms with van der Waals surface area (Å²) in [5.41, 5.74) is 0.832. The van der Waals surface area contributed by atoms with Crippen LogP contribution in [0.4, 0.5) is 0 Å². The van der Waals surface area contributed by atoms with Crippen molar-refractivity contribution in [1.29, 1.82) is 0 Å². The molecule has 0 saturated carbocycles. The Hall–Kier alpha value is -1.29. The van der Waals surface area contributed by atoms with E-state index in [1.165, 1.54) is 21.6 Å². The lowest BCUT2D eigenvalue weighted by Gasteiger charge is -2.10. The Morgan fingerprint density at radius 2 is 1.95 bits per heavy atom. The Labute approximate surface area is 141 Å². The quantitative estimate of drug-likeness (QED) is 0.826. The Kier molecular flexibility index (Phi) is 5.32. The van der Waals surface area contributed by atoms with Gasteiger partial charge in [0.15, 0.2) is 5.03 Å². The lowest BCUT2D eigenvalue weighted by Crippen LogP contribution is -2.36. The number of nitrogens with one attached hydrogen (secondary N) is 1. The monoisotopic (exact) mass is 403 g/mol. The van der Waals surface area contributed by atoms with Gasteiger partial charge in [-0.1, -0.05) is 28.1 Å². The van der Waals surface area contributed by atoms with E-state index in [9.17, 15) is 13.2 Å². The Balaban J connectivity index is 2.16. The van der Waals surface area contributed by atoms with Gasteiger partial charge in [0.25, 0.3) is 10.0 Å². The minimum absolute atomic E-state index is 0.0815. The van der Waals surface area contributed by atoms with Crippen molar-refractivity contribution in [2.45, 2.75) is 5.03 Å². The summed E-state index contributed by atoms with van der Waals surface area (Å²) < 4.78 is 27.4. The first-order chi connectivity index (χ1) is 10.3. The zero-order valence-corrected chi connectivity index (χ0v) is 15.1. The maximum Gasteiger partial charge on any atom is 0.259 e. The second-order valence-electron chi connectivity index (χ2n) is 4.61. The number of aromatic nitrogens is 1. The molecule has 22 heavy (non-hydrogen) atoms. The van der Waals surface area contributed by atoms with Crippen molar-refractivity contribution in [2.24, 2.45) is 0 Å². The van der Waals surface area contributed by atoms with Gasteiger partial charge in [-0.15, -0.1) is 11.3 Å². The third-order valence-corrected chi connectivity index (χ3v) is 5.62. The smallest absolute Gasteiger partial charge is 0.259 e. The van der Waals surface area contributed by atoms with Gasteiger partial charge in [-0.2, -0.15) is 0 Å². The largest absolute Gasteiger partial charge is 0.348 e. The van der Waals surface area contributed by atoms with Crippen LogP contribution in [-0.4, -0.2) is 44.8 Å². The molecule has 0 unspecified atom stereocenters. The molecule has 1 N–H and O–H groups in total. The van der Waals surface area contributed by atoms with Crippen LogP contribution in [0.1, 0.15) is 0 Å². The number of nitrogens with zero attached hydrogens (tertiary/aromatic N) is 2. The zero-order valence-electron chi connectivity index (χ0n) is 11.9. The van der Waals surface area contributed by atoms with Crippen LogP contribution < -0.4 is 4.72 Å². The highest BCUT2D eigenvalue weighted by Gasteiger charge is 2.20. The standard InChI is InChI=1S/C13H14BrN3O3S2/c1-17(2)12(18)7-15-22(19,20)11-8-21-13(16-11)9-3-5-10(14)6-4-9/h3-6,8,15H,7H2,1-2H3. The van der Waals surface area contributed by atoms with Crippen molar-refractivity contribution >= 4 is 43.2 Å². The molecule has 1 amide bonds. The summed E-state index contributed by atoms with van der Waals surface area (Å²) in [6, 6.07) is 7.42. The van der Waals surface area contributed by atoms with Crippen LogP contribution >= 0.6 is 27.3 Å². The number of hydrogen-bond donors (Lipinski definition) is 1. The summed E-state index contributed by atoms with van der Waals surface area (Å²) in [5.74, 6) is -0.327. The van der Waals surface area contributed by atoms with Gasteiger partial charge in [0.05, 0.1) is 6.54 Å². The van der Waals surface area contributed by atoms with E-state index in [0.717, 1.165) is 10.0 Å². The van der Waals surface area contributed by atoms with Gasteiger partial charge in [0.2, 0.25) is 5.91 Å². The molecule has 6 nitrogen and oxygen atoms in total. The Morgan fingerprint density at radius 1 is 1.32 bits per heavy atom. The fourth-order valence-corrected chi connectivity index (χ4v) is 3.83. The van der Waals surface area contributed by atoms with E-state index >= 15 is 0 Å². The first-order valence-electron chi connectivity index (χ1n) is 6.21. The van der Waals surface area contributed by atoms with Crippen LogP contribution in [0.3, 0.4) is 0 Å². The highest BCUT2D eigenvalue weighted by atomic mass is 79.9. The molecule has 2 aromatic rings. The minimum atomic E-state index is -3.79. The molecule has 0 saturated heterocycles. The van der Waals surface area contributed by atoms with Gasteiger partial charge >= 0.3 is 0 Å². The van der Waals surface area contributed by atoms with E-state index in [4.69, 9.17) is 0 Å². The summed E-state index contributed by atoms with van der Waals surface area (Å²) in [6.07, 6.45) is 0. The summed E-state index contributed by atoms with van der Waals surface area (Å²) in [5, 5.41) is 1.98. The van der Waals surface area contributed by atoms with Crippen LogP contribution in [0, 0.1) is 0 Å². The van der Waals surface area contributed by atoms with Gasteiger partial charge in [0, 0.05) is 29.5 Å². The predicted molar refractivity (Wildman–Crippen MR) is 89.1 cm³/mol. The van der Waals surface area contributed by atoms with Crippen molar-refractivity contribution < 1.29 is 13.2 Å². The Morgan fingerprint density at radius 3 is 2.55 bits per heavy atom. The predicted octanol–water partition coefficient (Wildman–Crippen LogP) is 1.94. The molecular weight excluding hydrogens is 390 g/mol. The zero-order chi connectivity index (χ0) is 16.3. The van der Waals surface area contributed by atoms with Crippen LogP contribution in [-0.2, 0) is 14.8 Å². The van der Waals surface area contributed by atoms with Gasteiger partial charge in [-0.25, -0.2) is 18.1 Å². The molecule has 118 valence electrons. The normalized spacial score (nSPS) is 11.4. The van der Waals surface area contributed by atoms with Gasteiger partial charge < -0.3 is 4.90 Å². The van der Waals surface area contributed by atoms with Crippen LogP contribution in [0.25, 0.3) is 10.6 Å². The van der Waals surface area contributed by atoms with Gasteiger partial charge in [0.1, 0.15) is 5.01 Å². The van der Waals surface area contributed by atoms with Crippen LogP contribution in [0.5, 0.6) is 0 Å². The maximum atomic E-state index is 12.1. The van der Waals surface area contributed by atoms with Crippen LogP contribution in [0.2, 0.25) is 0 Å². The molecular formula is C13H14BrN3O3S2. The van der Waals surface area contributed by atoms with E-state index in [-0.39, 0.29) is 17.5 Å². The molecule has 0 spiro atoms. The first kappa shape index (κ1) is 17.1. The minimum Gasteiger partial charge on any atom is -0.348 e. The topological polar surface area (TPSA) is 79.4 Å². The van der Waals surface area contributed by atoms with E-state index < -0.39 is 10.0 Å². The second-order valence-corrected chi connectivity index (χ2v) is 8.10. The fraction of sp³-hybridized carbons (Fsp3) is 0.231. The SMILES string of the molecule is CN(C)C(=O)CNS(=O)(=O)c1csc(-c2ccc(Br)cc2)n1. The lowest BCUT2D eigenvalue weighted by molar-refractivity contribution is -0.127. The number of rotatable bonds is 5. The second kappa shape index (κ2) is 6.86. The molecule has 0 aliphatic heterocycles. The molecule has 1 aromatic heterocycles. The number of benzene rings is 1. The number of carbonyl (C=O) groups is 1. The summed E-state index contributed by atoms with van der Waals surface area (Å²) in [6.45, 7) is -0.291. The van der Waals surface area contributed by atoms with E-state index in [2.05, 4.69) is 25.6 Å². The highest BCUT2D eigenvalue weighted by molar-refractivity contribution is 9.10. The number of likely N-dealkylation sites (N-methyl/N-ethyl adjacent to an activating group) is 1. The highest BCUT2D eigenvalue weighted by Crippen LogP contribution is 2.26. The van der Waals surface area contributed by atoms with Crippen LogP contribution in [0.15, 0.2) is 39.1 Å². The molecule has 0 aliphatic carbocycles. The molecule has 1 heterocycles. The first-order valence-corrected chi connectivity index (χ1v) is 9.36. The number of hydrogen-bond acceptors (Lipinski definition) is 5. The molecule has 0 radical (unpaired) electrons. The van der Waals surface area contributed by atoms with Crippen molar-refractivity contribution in [3.63, 3.8) is 0 Å². The average Bonchev–Trinajstić information content (AvgIpc) is 2.96. The van der Waals surface area contributed by atoms with E-state index in [1.54, 1.807) is 14.1 Å². The van der Waals surface area contributed by atoms with Gasteiger partial charge in [-0.05, 0) is 12.1 Å². The van der Waals surface area contributed by atoms with E-state index in [1.807, 2.05) is 24.3 Å². The van der Waals surface area contributed by atoms with Crippen molar-refractivity contribution in [3.05, 3.63) is 34.1 Å². The molecule has 0 atom stereocenters. The number of sulfonamides is 1. The van der Waals surface area contributed by atoms with Crippen molar-refractivity contribution in [2.75, 3.05) is 20.6 Å². The van der Waals surface area contributed by atoms with Crippen molar-refractivity contribution in [3.8, 4) is 10.6 Å². The Bertz CT molecular complexity index is 770. The summed E-state index contributed by atoms with van der Waals surface area (Å²) in [4.78, 5) is 16.9.